The molecule has 1 aliphatic heterocycles. The van der Waals surface area contributed by atoms with Gasteiger partial charge in [-0.05, 0) is 36.2 Å². The quantitative estimate of drug-likeness (QED) is 0.668. The van der Waals surface area contributed by atoms with Crippen LogP contribution in [0.3, 0.4) is 0 Å². The largest absolute Gasteiger partial charge is 0.339 e. The second kappa shape index (κ2) is 9.01. The number of carbonyl (C=O) groups is 1. The van der Waals surface area contributed by atoms with Crippen LogP contribution >= 0.6 is 0 Å². The summed E-state index contributed by atoms with van der Waals surface area (Å²) in [5, 5.41) is 0. The van der Waals surface area contributed by atoms with Crippen molar-refractivity contribution in [2.75, 3.05) is 26.7 Å². The van der Waals surface area contributed by atoms with E-state index in [4.69, 9.17) is 0 Å². The summed E-state index contributed by atoms with van der Waals surface area (Å²) in [4.78, 5) is 22.3. The molecule has 4 nitrogen and oxygen atoms in total. The van der Waals surface area contributed by atoms with Crippen LogP contribution in [0.25, 0.3) is 0 Å². The number of amides is 1. The molecular weight excluding hydrogens is 358 g/mol. The molecule has 0 spiro atoms. The van der Waals surface area contributed by atoms with Crippen molar-refractivity contribution in [3.8, 4) is 0 Å². The van der Waals surface area contributed by atoms with E-state index in [9.17, 15) is 4.79 Å². The Morgan fingerprint density at radius 1 is 1.00 bits per heavy atom. The van der Waals surface area contributed by atoms with Gasteiger partial charge in [-0.2, -0.15) is 0 Å². The van der Waals surface area contributed by atoms with Crippen molar-refractivity contribution in [2.45, 2.75) is 18.4 Å². The van der Waals surface area contributed by atoms with Crippen LogP contribution in [0.4, 0.5) is 0 Å². The first-order chi connectivity index (χ1) is 14.2. The Kier molecular flexibility index (Phi) is 6.01. The van der Waals surface area contributed by atoms with Crippen molar-refractivity contribution in [3.63, 3.8) is 0 Å². The van der Waals surface area contributed by atoms with E-state index in [0.717, 1.165) is 30.8 Å². The highest BCUT2D eigenvalue weighted by Gasteiger charge is 2.32. The zero-order chi connectivity index (χ0) is 20.1. The lowest BCUT2D eigenvalue weighted by molar-refractivity contribution is -0.135. The standard InChI is InChI=1S/C25H27N3O/c1-27-15-16-28(19-24(27)22-12-6-3-7-13-22)25(29)23(21-10-4-2-5-11-21)17-20-9-8-14-26-18-20/h2-14,18,23-24H,15-17,19H2,1H3. The molecule has 0 bridgehead atoms. The van der Waals surface area contributed by atoms with Crippen molar-refractivity contribution in [3.05, 3.63) is 102 Å². The van der Waals surface area contributed by atoms with Gasteiger partial charge in [-0.15, -0.1) is 0 Å². The highest BCUT2D eigenvalue weighted by molar-refractivity contribution is 5.84. The van der Waals surface area contributed by atoms with Crippen molar-refractivity contribution in [2.24, 2.45) is 0 Å². The number of aromatic nitrogens is 1. The Bertz CT molecular complexity index is 915. The average molecular weight is 386 g/mol. The molecule has 2 heterocycles. The maximum Gasteiger partial charge on any atom is 0.230 e. The van der Waals surface area contributed by atoms with Crippen LogP contribution in [0.5, 0.6) is 0 Å². The molecule has 3 aromatic rings. The Morgan fingerprint density at radius 3 is 2.41 bits per heavy atom. The second-order valence-electron chi connectivity index (χ2n) is 7.72. The van der Waals surface area contributed by atoms with Crippen LogP contribution in [-0.4, -0.2) is 47.4 Å². The van der Waals surface area contributed by atoms with Crippen molar-refractivity contribution in [1.29, 1.82) is 0 Å². The molecule has 1 fully saturated rings. The first-order valence-electron chi connectivity index (χ1n) is 10.2. The number of benzene rings is 2. The minimum Gasteiger partial charge on any atom is -0.339 e. The monoisotopic (exact) mass is 385 g/mol. The molecule has 0 N–H and O–H groups in total. The van der Waals surface area contributed by atoms with Gasteiger partial charge in [0.25, 0.3) is 0 Å². The molecule has 4 heteroatoms. The summed E-state index contributed by atoms with van der Waals surface area (Å²) in [6, 6.07) is 24.8. The fourth-order valence-corrected chi connectivity index (χ4v) is 4.12. The van der Waals surface area contributed by atoms with E-state index in [0.29, 0.717) is 6.42 Å². The maximum absolute atomic E-state index is 13.7. The van der Waals surface area contributed by atoms with Gasteiger partial charge in [0.1, 0.15) is 0 Å². The third kappa shape index (κ3) is 4.54. The Balaban J connectivity index is 1.58. The zero-order valence-corrected chi connectivity index (χ0v) is 16.8. The van der Waals surface area contributed by atoms with E-state index in [1.54, 1.807) is 6.20 Å². The topological polar surface area (TPSA) is 36.4 Å². The number of pyridine rings is 1. The van der Waals surface area contributed by atoms with E-state index >= 15 is 0 Å². The Morgan fingerprint density at radius 2 is 1.72 bits per heavy atom. The summed E-state index contributed by atoms with van der Waals surface area (Å²) < 4.78 is 0. The van der Waals surface area contributed by atoms with Crippen LogP contribution < -0.4 is 0 Å². The molecular formula is C25H27N3O. The SMILES string of the molecule is CN1CCN(C(=O)C(Cc2cccnc2)c2ccccc2)CC1c1ccccc1. The average Bonchev–Trinajstić information content (AvgIpc) is 2.79. The van der Waals surface area contributed by atoms with Crippen molar-refractivity contribution >= 4 is 5.91 Å². The molecule has 148 valence electrons. The molecule has 2 unspecified atom stereocenters. The molecule has 1 aliphatic rings. The predicted octanol–water partition coefficient (Wildman–Crippen LogP) is 3.92. The summed E-state index contributed by atoms with van der Waals surface area (Å²) in [7, 11) is 2.14. The number of hydrogen-bond acceptors (Lipinski definition) is 3. The van der Waals surface area contributed by atoms with E-state index in [-0.39, 0.29) is 17.9 Å². The first-order valence-corrected chi connectivity index (χ1v) is 10.2. The highest BCUT2D eigenvalue weighted by atomic mass is 16.2. The van der Waals surface area contributed by atoms with Gasteiger partial charge in [0.15, 0.2) is 0 Å². The van der Waals surface area contributed by atoms with E-state index in [1.165, 1.54) is 5.56 Å². The van der Waals surface area contributed by atoms with Crippen LogP contribution in [0, 0.1) is 0 Å². The van der Waals surface area contributed by atoms with Crippen molar-refractivity contribution < 1.29 is 4.79 Å². The van der Waals surface area contributed by atoms with Gasteiger partial charge in [0, 0.05) is 32.0 Å². The first kappa shape index (κ1) is 19.3. The third-order valence-electron chi connectivity index (χ3n) is 5.81. The number of rotatable bonds is 5. The molecule has 0 radical (unpaired) electrons. The molecule has 2 aromatic carbocycles. The second-order valence-corrected chi connectivity index (χ2v) is 7.72. The number of carbonyl (C=O) groups excluding carboxylic acids is 1. The molecule has 0 aliphatic carbocycles. The smallest absolute Gasteiger partial charge is 0.230 e. The van der Waals surface area contributed by atoms with Crippen LogP contribution in [0.2, 0.25) is 0 Å². The minimum absolute atomic E-state index is 0.194. The molecule has 1 aromatic heterocycles. The summed E-state index contributed by atoms with van der Waals surface area (Å²) in [6.07, 6.45) is 4.30. The van der Waals surface area contributed by atoms with Gasteiger partial charge in [0.05, 0.1) is 12.0 Å². The predicted molar refractivity (Wildman–Crippen MR) is 116 cm³/mol. The normalized spacial score (nSPS) is 18.4. The number of likely N-dealkylation sites (N-methyl/N-ethyl adjacent to an activating group) is 1. The number of nitrogens with zero attached hydrogens (tertiary/aromatic N) is 3. The lowest BCUT2D eigenvalue weighted by atomic mass is 9.90. The van der Waals surface area contributed by atoms with E-state index < -0.39 is 0 Å². The minimum atomic E-state index is -0.194. The summed E-state index contributed by atoms with van der Waals surface area (Å²) in [5.74, 6) is 0.00862. The summed E-state index contributed by atoms with van der Waals surface area (Å²) >= 11 is 0. The van der Waals surface area contributed by atoms with Crippen LogP contribution in [-0.2, 0) is 11.2 Å². The van der Waals surface area contributed by atoms with E-state index in [2.05, 4.69) is 53.3 Å². The van der Waals surface area contributed by atoms with Crippen LogP contribution in [0.15, 0.2) is 85.2 Å². The van der Waals surface area contributed by atoms with Crippen molar-refractivity contribution in [1.82, 2.24) is 14.8 Å². The van der Waals surface area contributed by atoms with Gasteiger partial charge >= 0.3 is 0 Å². The van der Waals surface area contributed by atoms with Gasteiger partial charge in [-0.25, -0.2) is 0 Å². The number of piperazine rings is 1. The molecule has 4 rings (SSSR count). The summed E-state index contributed by atoms with van der Waals surface area (Å²) in [6.45, 7) is 2.35. The van der Waals surface area contributed by atoms with Crippen LogP contribution in [0.1, 0.15) is 28.7 Å². The Labute approximate surface area is 172 Å². The maximum atomic E-state index is 13.7. The summed E-state index contributed by atoms with van der Waals surface area (Å²) in [5.41, 5.74) is 3.41. The molecule has 29 heavy (non-hydrogen) atoms. The van der Waals surface area contributed by atoms with E-state index in [1.807, 2.05) is 47.5 Å². The Hall–Kier alpha value is -2.98. The highest BCUT2D eigenvalue weighted by Crippen LogP contribution is 2.28. The lowest BCUT2D eigenvalue weighted by Crippen LogP contribution is -2.50. The van der Waals surface area contributed by atoms with Gasteiger partial charge in [-0.1, -0.05) is 66.7 Å². The molecule has 0 saturated carbocycles. The van der Waals surface area contributed by atoms with Gasteiger partial charge < -0.3 is 4.90 Å². The third-order valence-corrected chi connectivity index (χ3v) is 5.81. The fraction of sp³-hybridized carbons (Fsp3) is 0.280. The zero-order valence-electron chi connectivity index (χ0n) is 16.8. The number of hydrogen-bond donors (Lipinski definition) is 0. The molecule has 1 saturated heterocycles. The van der Waals surface area contributed by atoms with Gasteiger partial charge in [-0.3, -0.25) is 14.7 Å². The molecule has 1 amide bonds. The molecule has 2 atom stereocenters. The van der Waals surface area contributed by atoms with Gasteiger partial charge in [0.2, 0.25) is 5.91 Å². The lowest BCUT2D eigenvalue weighted by Gasteiger charge is -2.41. The fourth-order valence-electron chi connectivity index (χ4n) is 4.12.